The molecule has 0 amide bonds. The van der Waals surface area contributed by atoms with E-state index in [0.717, 1.165) is 11.3 Å². The second-order valence-electron chi connectivity index (χ2n) is 4.50. The Morgan fingerprint density at radius 2 is 1.95 bits per heavy atom. The maximum atomic E-state index is 13.1. The number of halogens is 1. The molecule has 0 saturated heterocycles. The summed E-state index contributed by atoms with van der Waals surface area (Å²) < 4.78 is 13.1. The Balaban J connectivity index is 2.02. The van der Waals surface area contributed by atoms with Gasteiger partial charge in [-0.1, -0.05) is 29.4 Å². The Morgan fingerprint density at radius 3 is 2.55 bits per heavy atom. The van der Waals surface area contributed by atoms with Gasteiger partial charge in [0.2, 0.25) is 0 Å². The highest BCUT2D eigenvalue weighted by atomic mass is 19.1. The summed E-state index contributed by atoms with van der Waals surface area (Å²) in [4.78, 5) is 0. The number of nitrogens with two attached hydrogens (primary N) is 1. The summed E-state index contributed by atoms with van der Waals surface area (Å²) in [6.45, 7) is 2.34. The Kier molecular flexibility index (Phi) is 4.20. The minimum absolute atomic E-state index is 0.0821. The molecule has 4 nitrogen and oxygen atoms in total. The SMILES string of the molecule is Cc1cc(NCc2ccc(C(N)=NO)cc2)ccc1F. The lowest BCUT2D eigenvalue weighted by atomic mass is 10.1. The molecule has 0 aliphatic rings. The normalized spacial score (nSPS) is 11.4. The summed E-state index contributed by atoms with van der Waals surface area (Å²) in [5.74, 6) is -0.127. The minimum atomic E-state index is -0.210. The van der Waals surface area contributed by atoms with Gasteiger partial charge in [-0.2, -0.15) is 0 Å². The van der Waals surface area contributed by atoms with Crippen molar-refractivity contribution in [1.29, 1.82) is 0 Å². The van der Waals surface area contributed by atoms with Gasteiger partial charge in [0.25, 0.3) is 0 Å². The number of benzene rings is 2. The van der Waals surface area contributed by atoms with Crippen molar-refractivity contribution in [3.63, 3.8) is 0 Å². The molecule has 0 saturated carbocycles. The monoisotopic (exact) mass is 273 g/mol. The van der Waals surface area contributed by atoms with Crippen LogP contribution in [0.1, 0.15) is 16.7 Å². The molecule has 0 unspecified atom stereocenters. The minimum Gasteiger partial charge on any atom is -0.409 e. The average molecular weight is 273 g/mol. The van der Waals surface area contributed by atoms with Gasteiger partial charge >= 0.3 is 0 Å². The van der Waals surface area contributed by atoms with Crippen molar-refractivity contribution in [3.8, 4) is 0 Å². The second kappa shape index (κ2) is 6.06. The van der Waals surface area contributed by atoms with E-state index in [4.69, 9.17) is 10.9 Å². The van der Waals surface area contributed by atoms with Gasteiger partial charge in [0.05, 0.1) is 0 Å². The van der Waals surface area contributed by atoms with Gasteiger partial charge in [0, 0.05) is 17.8 Å². The van der Waals surface area contributed by atoms with E-state index in [0.29, 0.717) is 17.7 Å². The topological polar surface area (TPSA) is 70.6 Å². The first kappa shape index (κ1) is 13.9. The van der Waals surface area contributed by atoms with E-state index in [-0.39, 0.29) is 11.7 Å². The van der Waals surface area contributed by atoms with Crippen LogP contribution in [0.2, 0.25) is 0 Å². The van der Waals surface area contributed by atoms with Crippen LogP contribution in [0.25, 0.3) is 0 Å². The molecule has 20 heavy (non-hydrogen) atoms. The molecule has 2 rings (SSSR count). The molecule has 0 atom stereocenters. The van der Waals surface area contributed by atoms with Gasteiger partial charge in [-0.05, 0) is 36.2 Å². The Morgan fingerprint density at radius 1 is 1.25 bits per heavy atom. The second-order valence-corrected chi connectivity index (χ2v) is 4.50. The molecule has 104 valence electrons. The largest absolute Gasteiger partial charge is 0.409 e. The van der Waals surface area contributed by atoms with E-state index in [1.165, 1.54) is 6.07 Å². The van der Waals surface area contributed by atoms with Crippen LogP contribution in [0.4, 0.5) is 10.1 Å². The van der Waals surface area contributed by atoms with Gasteiger partial charge in [-0.3, -0.25) is 0 Å². The van der Waals surface area contributed by atoms with Crippen molar-refractivity contribution in [3.05, 3.63) is 65.0 Å². The molecule has 0 fully saturated rings. The van der Waals surface area contributed by atoms with Crippen LogP contribution >= 0.6 is 0 Å². The summed E-state index contributed by atoms with van der Waals surface area (Å²) in [6.07, 6.45) is 0. The fraction of sp³-hybridized carbons (Fsp3) is 0.133. The molecule has 0 bridgehead atoms. The number of hydrogen-bond acceptors (Lipinski definition) is 3. The lowest BCUT2D eigenvalue weighted by molar-refractivity contribution is 0.318. The number of oxime groups is 1. The fourth-order valence-corrected chi connectivity index (χ4v) is 1.81. The van der Waals surface area contributed by atoms with E-state index < -0.39 is 0 Å². The predicted octanol–water partition coefficient (Wildman–Crippen LogP) is 2.84. The third-order valence-corrected chi connectivity index (χ3v) is 3.01. The van der Waals surface area contributed by atoms with E-state index in [1.807, 2.05) is 12.1 Å². The third kappa shape index (κ3) is 3.26. The maximum Gasteiger partial charge on any atom is 0.170 e. The summed E-state index contributed by atoms with van der Waals surface area (Å²) in [6, 6.07) is 12.2. The van der Waals surface area contributed by atoms with Crippen molar-refractivity contribution < 1.29 is 9.60 Å². The summed E-state index contributed by atoms with van der Waals surface area (Å²) >= 11 is 0. The molecule has 0 aliphatic heterocycles. The van der Waals surface area contributed by atoms with Crippen molar-refractivity contribution in [2.45, 2.75) is 13.5 Å². The van der Waals surface area contributed by atoms with Crippen LogP contribution in [0.15, 0.2) is 47.6 Å². The van der Waals surface area contributed by atoms with Crippen molar-refractivity contribution in [2.75, 3.05) is 5.32 Å². The highest BCUT2D eigenvalue weighted by Gasteiger charge is 2.01. The fourth-order valence-electron chi connectivity index (χ4n) is 1.81. The number of rotatable bonds is 4. The Hall–Kier alpha value is -2.56. The van der Waals surface area contributed by atoms with Gasteiger partial charge < -0.3 is 16.3 Å². The summed E-state index contributed by atoms with van der Waals surface area (Å²) in [7, 11) is 0. The molecular formula is C15H16FN3O. The quantitative estimate of drug-likeness (QED) is 0.347. The maximum absolute atomic E-state index is 13.1. The molecule has 0 aliphatic carbocycles. The van der Waals surface area contributed by atoms with Gasteiger partial charge in [-0.25, -0.2) is 4.39 Å². The Labute approximate surface area is 116 Å². The average Bonchev–Trinajstić information content (AvgIpc) is 2.48. The zero-order valence-corrected chi connectivity index (χ0v) is 11.1. The molecule has 0 aromatic heterocycles. The lowest BCUT2D eigenvalue weighted by Gasteiger charge is -2.08. The first-order chi connectivity index (χ1) is 9.60. The van der Waals surface area contributed by atoms with Crippen LogP contribution in [0.3, 0.4) is 0 Å². The number of amidine groups is 1. The van der Waals surface area contributed by atoms with Crippen molar-refractivity contribution in [1.82, 2.24) is 0 Å². The number of anilines is 1. The lowest BCUT2D eigenvalue weighted by Crippen LogP contribution is -2.13. The van der Waals surface area contributed by atoms with Crippen LogP contribution in [0.5, 0.6) is 0 Å². The molecule has 0 spiro atoms. The van der Waals surface area contributed by atoms with Gasteiger partial charge in [0.1, 0.15) is 5.82 Å². The van der Waals surface area contributed by atoms with Crippen molar-refractivity contribution in [2.24, 2.45) is 10.9 Å². The smallest absolute Gasteiger partial charge is 0.170 e. The number of aryl methyl sites for hydroxylation is 1. The standard InChI is InChI=1S/C15H16FN3O/c1-10-8-13(6-7-14(10)16)18-9-11-2-4-12(5-3-11)15(17)19-20/h2-8,18,20H,9H2,1H3,(H2,17,19). The van der Waals surface area contributed by atoms with Gasteiger partial charge in [0.15, 0.2) is 5.84 Å². The van der Waals surface area contributed by atoms with Crippen LogP contribution in [-0.4, -0.2) is 11.0 Å². The van der Waals surface area contributed by atoms with Crippen LogP contribution in [-0.2, 0) is 6.54 Å². The van der Waals surface area contributed by atoms with Crippen LogP contribution in [0, 0.1) is 12.7 Å². The molecule has 2 aromatic carbocycles. The molecule has 4 N–H and O–H groups in total. The summed E-state index contributed by atoms with van der Waals surface area (Å²) in [5, 5.41) is 14.7. The number of nitrogens with zero attached hydrogens (tertiary/aromatic N) is 1. The highest BCUT2D eigenvalue weighted by Crippen LogP contribution is 2.15. The first-order valence-corrected chi connectivity index (χ1v) is 6.17. The highest BCUT2D eigenvalue weighted by molar-refractivity contribution is 5.96. The zero-order chi connectivity index (χ0) is 14.5. The zero-order valence-electron chi connectivity index (χ0n) is 11.1. The molecule has 0 heterocycles. The first-order valence-electron chi connectivity index (χ1n) is 6.17. The Bertz CT molecular complexity index is 624. The third-order valence-electron chi connectivity index (χ3n) is 3.01. The van der Waals surface area contributed by atoms with Crippen molar-refractivity contribution >= 4 is 11.5 Å². The molecule has 5 heteroatoms. The van der Waals surface area contributed by atoms with E-state index in [1.54, 1.807) is 31.2 Å². The molecule has 2 aromatic rings. The molecular weight excluding hydrogens is 257 g/mol. The van der Waals surface area contributed by atoms with E-state index in [2.05, 4.69) is 10.5 Å². The number of nitrogens with one attached hydrogen (secondary N) is 1. The van der Waals surface area contributed by atoms with E-state index in [9.17, 15) is 4.39 Å². The van der Waals surface area contributed by atoms with Gasteiger partial charge in [-0.15, -0.1) is 0 Å². The summed E-state index contributed by atoms with van der Waals surface area (Å²) in [5.41, 5.74) is 8.67. The predicted molar refractivity (Wildman–Crippen MR) is 77.4 cm³/mol. The van der Waals surface area contributed by atoms with Crippen LogP contribution < -0.4 is 11.1 Å². The van der Waals surface area contributed by atoms with E-state index >= 15 is 0 Å². The number of hydrogen-bond donors (Lipinski definition) is 3. The molecule has 0 radical (unpaired) electrons.